The zero-order valence-corrected chi connectivity index (χ0v) is 25.9. The number of fused-ring (bicyclic) bond motifs is 1. The van der Waals surface area contributed by atoms with Crippen molar-refractivity contribution in [3.05, 3.63) is 86.9 Å². The number of esters is 1. The summed E-state index contributed by atoms with van der Waals surface area (Å²) in [6, 6.07) is 8.61. The van der Waals surface area contributed by atoms with Crippen molar-refractivity contribution in [1.29, 1.82) is 0 Å². The lowest BCUT2D eigenvalue weighted by molar-refractivity contribution is -0.139. The lowest BCUT2D eigenvalue weighted by atomic mass is 9.95. The molecule has 0 fully saturated rings. The Morgan fingerprint density at radius 3 is 2.45 bits per heavy atom. The van der Waals surface area contributed by atoms with Crippen LogP contribution < -0.4 is 24.4 Å². The van der Waals surface area contributed by atoms with Gasteiger partial charge in [-0.25, -0.2) is 9.79 Å². The summed E-state index contributed by atoms with van der Waals surface area (Å²) in [6.45, 7) is 9.57. The van der Waals surface area contributed by atoms with Gasteiger partial charge >= 0.3 is 5.97 Å². The van der Waals surface area contributed by atoms with Gasteiger partial charge in [0, 0.05) is 8.95 Å². The number of halogens is 2. The zero-order chi connectivity index (χ0) is 27.7. The van der Waals surface area contributed by atoms with Gasteiger partial charge in [-0.2, -0.15) is 0 Å². The Labute approximate surface area is 241 Å². The van der Waals surface area contributed by atoms with Gasteiger partial charge in [0.1, 0.15) is 0 Å². The molecule has 0 bridgehead atoms. The molecule has 0 unspecified atom stereocenters. The van der Waals surface area contributed by atoms with Crippen LogP contribution in [-0.4, -0.2) is 30.4 Å². The third-order valence-electron chi connectivity index (χ3n) is 5.98. The molecule has 1 aliphatic heterocycles. The predicted octanol–water partition coefficient (Wildman–Crippen LogP) is 5.43. The summed E-state index contributed by atoms with van der Waals surface area (Å²) in [5.74, 6) is 0.569. The van der Waals surface area contributed by atoms with E-state index in [1.807, 2.05) is 45.0 Å². The summed E-state index contributed by atoms with van der Waals surface area (Å²) in [4.78, 5) is 32.2. The number of carbonyl (C=O) groups is 1. The first-order chi connectivity index (χ1) is 18.0. The van der Waals surface area contributed by atoms with Crippen molar-refractivity contribution in [1.82, 2.24) is 4.57 Å². The molecule has 7 nitrogen and oxygen atoms in total. The van der Waals surface area contributed by atoms with Crippen molar-refractivity contribution in [2.45, 2.75) is 46.8 Å². The average molecular weight is 664 g/mol. The van der Waals surface area contributed by atoms with E-state index in [4.69, 9.17) is 14.2 Å². The molecule has 38 heavy (non-hydrogen) atoms. The van der Waals surface area contributed by atoms with Gasteiger partial charge in [-0.3, -0.25) is 9.36 Å². The smallest absolute Gasteiger partial charge is 0.338 e. The Morgan fingerprint density at radius 1 is 1.16 bits per heavy atom. The molecule has 2 aromatic carbocycles. The van der Waals surface area contributed by atoms with Crippen LogP contribution in [0.5, 0.6) is 11.5 Å². The van der Waals surface area contributed by atoms with E-state index in [1.54, 1.807) is 37.7 Å². The fourth-order valence-electron chi connectivity index (χ4n) is 4.21. The molecule has 2 heterocycles. The first-order valence-corrected chi connectivity index (χ1v) is 14.5. The van der Waals surface area contributed by atoms with Crippen LogP contribution in [0.2, 0.25) is 0 Å². The van der Waals surface area contributed by atoms with Crippen molar-refractivity contribution in [2.75, 3.05) is 13.7 Å². The van der Waals surface area contributed by atoms with Crippen LogP contribution in [0.4, 0.5) is 0 Å². The Hall–Kier alpha value is -2.69. The van der Waals surface area contributed by atoms with Gasteiger partial charge < -0.3 is 14.2 Å². The summed E-state index contributed by atoms with van der Waals surface area (Å²) in [6.07, 6.45) is 1.78. The second kappa shape index (κ2) is 11.6. The largest absolute Gasteiger partial charge is 0.493 e. The topological polar surface area (TPSA) is 79.1 Å². The minimum absolute atomic E-state index is 0.0495. The van der Waals surface area contributed by atoms with Crippen LogP contribution in [0.1, 0.15) is 50.4 Å². The first kappa shape index (κ1) is 28.3. The Bertz CT molecular complexity index is 1600. The highest BCUT2D eigenvalue weighted by atomic mass is 79.9. The van der Waals surface area contributed by atoms with E-state index in [0.717, 1.165) is 20.1 Å². The quantitative estimate of drug-likeness (QED) is 0.315. The molecule has 1 aliphatic rings. The second-order valence-corrected chi connectivity index (χ2v) is 11.7. The molecule has 0 saturated heterocycles. The van der Waals surface area contributed by atoms with E-state index in [9.17, 15) is 9.59 Å². The number of hydrogen-bond donors (Lipinski definition) is 0. The number of carbonyl (C=O) groups excluding carboxylic acids is 1. The first-order valence-electron chi connectivity index (χ1n) is 12.1. The fraction of sp³-hybridized carbons (Fsp3) is 0.321. The van der Waals surface area contributed by atoms with Gasteiger partial charge in [-0.15, -0.1) is 0 Å². The number of hydrogen-bond acceptors (Lipinski definition) is 7. The third-order valence-corrected chi connectivity index (χ3v) is 8.61. The number of nitrogens with zero attached hydrogens (tertiary/aromatic N) is 2. The molecule has 1 aromatic heterocycles. The minimum Gasteiger partial charge on any atom is -0.493 e. The van der Waals surface area contributed by atoms with Crippen molar-refractivity contribution in [2.24, 2.45) is 4.99 Å². The molecule has 0 radical (unpaired) electrons. The highest BCUT2D eigenvalue weighted by molar-refractivity contribution is 9.11. The molecular formula is C28H28Br2N2O5S. The lowest BCUT2D eigenvalue weighted by Gasteiger charge is -2.25. The molecule has 0 N–H and O–H groups in total. The number of aromatic nitrogens is 1. The van der Waals surface area contributed by atoms with Crippen molar-refractivity contribution in [3.63, 3.8) is 0 Å². The molecule has 0 saturated carbocycles. The molecule has 1 atom stereocenters. The molecule has 0 amide bonds. The van der Waals surface area contributed by atoms with Crippen molar-refractivity contribution in [3.8, 4) is 11.5 Å². The van der Waals surface area contributed by atoms with Gasteiger partial charge in [0.05, 0.1) is 41.7 Å². The molecule has 3 aromatic rings. The minimum atomic E-state index is -0.744. The summed E-state index contributed by atoms with van der Waals surface area (Å²) in [7, 11) is 1.56. The maximum absolute atomic E-state index is 13.9. The number of allylic oxidation sites excluding steroid dienone is 1. The van der Waals surface area contributed by atoms with E-state index >= 15 is 0 Å². The Balaban J connectivity index is 1.95. The summed E-state index contributed by atoms with van der Waals surface area (Å²) < 4.78 is 20.8. The number of benzene rings is 2. The monoisotopic (exact) mass is 662 g/mol. The summed E-state index contributed by atoms with van der Waals surface area (Å²) in [5, 5.41) is 0. The van der Waals surface area contributed by atoms with E-state index in [1.165, 1.54) is 11.3 Å². The van der Waals surface area contributed by atoms with E-state index in [-0.39, 0.29) is 18.3 Å². The summed E-state index contributed by atoms with van der Waals surface area (Å²) in [5.41, 5.74) is 3.17. The van der Waals surface area contributed by atoms with Gasteiger partial charge in [-0.1, -0.05) is 49.3 Å². The van der Waals surface area contributed by atoms with Crippen LogP contribution in [0.25, 0.3) is 6.08 Å². The van der Waals surface area contributed by atoms with Crippen LogP contribution in [0, 0.1) is 6.92 Å². The summed E-state index contributed by atoms with van der Waals surface area (Å²) >= 11 is 8.43. The normalized spacial score (nSPS) is 15.4. The van der Waals surface area contributed by atoms with Crippen molar-refractivity contribution < 1.29 is 19.0 Å². The van der Waals surface area contributed by atoms with E-state index in [0.29, 0.717) is 37.7 Å². The third kappa shape index (κ3) is 5.53. The van der Waals surface area contributed by atoms with Crippen LogP contribution >= 0.6 is 43.2 Å². The van der Waals surface area contributed by atoms with E-state index in [2.05, 4.69) is 36.9 Å². The fourth-order valence-corrected chi connectivity index (χ4v) is 6.48. The van der Waals surface area contributed by atoms with Crippen molar-refractivity contribution >= 4 is 55.2 Å². The van der Waals surface area contributed by atoms with Gasteiger partial charge in [0.15, 0.2) is 16.3 Å². The van der Waals surface area contributed by atoms with E-state index < -0.39 is 12.0 Å². The van der Waals surface area contributed by atoms with Gasteiger partial charge in [-0.05, 0) is 81.7 Å². The number of methoxy groups -OCH3 is 1. The molecule has 4 rings (SSSR count). The SMILES string of the molecule is CCOC(=O)C1=C(C)N=c2s/c(=C/c3cc(Br)c(C)c(Br)c3)c(=O)n2[C@H]1c1ccc(OC(C)C)c(OC)c1. The van der Waals surface area contributed by atoms with Gasteiger partial charge in [0.25, 0.3) is 5.56 Å². The number of rotatable bonds is 7. The highest BCUT2D eigenvalue weighted by Gasteiger charge is 2.34. The number of thiazole rings is 1. The zero-order valence-electron chi connectivity index (χ0n) is 21.9. The standard InChI is InChI=1S/C28H28Br2N2O5S/c1-7-36-27(34)24-16(5)31-28-32(25(24)18-8-9-21(37-14(2)3)22(13-18)35-6)26(33)23(38-28)12-17-10-19(29)15(4)20(30)11-17/h8-14,25H,7H2,1-6H3/b23-12+/t25-/m0/s1. The van der Waals surface area contributed by atoms with Crippen LogP contribution in [-0.2, 0) is 9.53 Å². The second-order valence-electron chi connectivity index (χ2n) is 8.99. The Morgan fingerprint density at radius 2 is 1.84 bits per heavy atom. The lowest BCUT2D eigenvalue weighted by Crippen LogP contribution is -2.40. The predicted molar refractivity (Wildman–Crippen MR) is 156 cm³/mol. The van der Waals surface area contributed by atoms with Crippen LogP contribution in [0.15, 0.2) is 60.3 Å². The molecule has 10 heteroatoms. The molecule has 200 valence electrons. The molecule has 0 spiro atoms. The number of ether oxygens (including phenoxy) is 3. The maximum atomic E-state index is 13.9. The molecule has 0 aliphatic carbocycles. The highest BCUT2D eigenvalue weighted by Crippen LogP contribution is 2.36. The van der Waals surface area contributed by atoms with Crippen LogP contribution in [0.3, 0.4) is 0 Å². The van der Waals surface area contributed by atoms with Gasteiger partial charge in [0.2, 0.25) is 0 Å². The maximum Gasteiger partial charge on any atom is 0.338 e. The Kier molecular flexibility index (Phi) is 8.64. The molecular weight excluding hydrogens is 636 g/mol. The average Bonchev–Trinajstić information content (AvgIpc) is 3.15.